The third kappa shape index (κ3) is 3.32. The number of pyridine rings is 1. The zero-order chi connectivity index (χ0) is 17.9. The van der Waals surface area contributed by atoms with E-state index in [1.54, 1.807) is 11.3 Å². The molecule has 3 heterocycles. The van der Waals surface area contributed by atoms with E-state index in [0.717, 1.165) is 40.7 Å². The average molecular weight is 364 g/mol. The molecule has 132 valence electrons. The summed E-state index contributed by atoms with van der Waals surface area (Å²) in [6.07, 6.45) is 1.76. The first-order valence-electron chi connectivity index (χ1n) is 8.74. The van der Waals surface area contributed by atoms with Crippen molar-refractivity contribution in [3.63, 3.8) is 0 Å². The number of thiophene rings is 1. The van der Waals surface area contributed by atoms with Gasteiger partial charge in [0.15, 0.2) is 0 Å². The van der Waals surface area contributed by atoms with Crippen molar-refractivity contribution in [3.05, 3.63) is 58.1 Å². The summed E-state index contributed by atoms with van der Waals surface area (Å²) in [6.45, 7) is 4.89. The molecule has 0 unspecified atom stereocenters. The summed E-state index contributed by atoms with van der Waals surface area (Å²) >= 11 is 1.72. The first-order chi connectivity index (χ1) is 12.7. The van der Waals surface area contributed by atoms with E-state index >= 15 is 0 Å². The molecule has 0 saturated heterocycles. The number of rotatable bonds is 6. The number of hydrogen-bond acceptors (Lipinski definition) is 6. The molecule has 3 aromatic heterocycles. The molecule has 0 bridgehead atoms. The second-order valence-corrected chi connectivity index (χ2v) is 7.26. The first-order valence-corrected chi connectivity index (χ1v) is 9.62. The Kier molecular flexibility index (Phi) is 4.67. The van der Waals surface area contributed by atoms with E-state index in [4.69, 9.17) is 9.51 Å². The SMILES string of the molecule is CCCc1nc(-c2cc3cccc(C)c3nc2NCc2cccs2)no1. The van der Waals surface area contributed by atoms with Gasteiger partial charge in [0, 0.05) is 16.7 Å². The highest BCUT2D eigenvalue weighted by molar-refractivity contribution is 7.09. The summed E-state index contributed by atoms with van der Waals surface area (Å²) in [6, 6.07) is 12.4. The summed E-state index contributed by atoms with van der Waals surface area (Å²) < 4.78 is 5.39. The minimum atomic E-state index is 0.582. The van der Waals surface area contributed by atoms with Crippen LogP contribution in [0.3, 0.4) is 0 Å². The van der Waals surface area contributed by atoms with Gasteiger partial charge in [-0.25, -0.2) is 4.98 Å². The molecule has 0 aliphatic heterocycles. The first kappa shape index (κ1) is 16.7. The van der Waals surface area contributed by atoms with Crippen LogP contribution in [0.4, 0.5) is 5.82 Å². The lowest BCUT2D eigenvalue weighted by Crippen LogP contribution is -2.03. The maximum absolute atomic E-state index is 5.39. The fraction of sp³-hybridized carbons (Fsp3) is 0.250. The third-order valence-electron chi connectivity index (χ3n) is 4.23. The molecule has 0 amide bonds. The highest BCUT2D eigenvalue weighted by Crippen LogP contribution is 2.30. The van der Waals surface area contributed by atoms with Gasteiger partial charge >= 0.3 is 0 Å². The summed E-state index contributed by atoms with van der Waals surface area (Å²) in [5.41, 5.74) is 3.00. The van der Waals surface area contributed by atoms with Crippen LogP contribution >= 0.6 is 11.3 Å². The van der Waals surface area contributed by atoms with Crippen LogP contribution in [-0.4, -0.2) is 15.1 Å². The molecule has 4 rings (SSSR count). The summed E-state index contributed by atoms with van der Waals surface area (Å²) in [7, 11) is 0. The lowest BCUT2D eigenvalue weighted by Gasteiger charge is -2.11. The second-order valence-electron chi connectivity index (χ2n) is 6.23. The van der Waals surface area contributed by atoms with Crippen LogP contribution < -0.4 is 5.32 Å². The molecular formula is C20H20N4OS. The van der Waals surface area contributed by atoms with E-state index in [2.05, 4.69) is 65.0 Å². The molecule has 0 aliphatic rings. The minimum absolute atomic E-state index is 0.582. The Morgan fingerprint density at radius 3 is 2.88 bits per heavy atom. The monoisotopic (exact) mass is 364 g/mol. The maximum atomic E-state index is 5.39. The molecule has 6 heteroatoms. The number of aromatic nitrogens is 3. The van der Waals surface area contributed by atoms with Gasteiger partial charge in [-0.2, -0.15) is 4.98 Å². The van der Waals surface area contributed by atoms with Gasteiger partial charge in [-0.1, -0.05) is 36.3 Å². The van der Waals surface area contributed by atoms with Crippen LogP contribution in [0.5, 0.6) is 0 Å². The van der Waals surface area contributed by atoms with Gasteiger partial charge in [-0.3, -0.25) is 0 Å². The number of hydrogen-bond donors (Lipinski definition) is 1. The number of para-hydroxylation sites is 1. The number of nitrogens with zero attached hydrogens (tertiary/aromatic N) is 3. The van der Waals surface area contributed by atoms with E-state index in [-0.39, 0.29) is 0 Å². The van der Waals surface area contributed by atoms with Gasteiger partial charge in [-0.05, 0) is 36.4 Å². The van der Waals surface area contributed by atoms with Crippen LogP contribution in [0.2, 0.25) is 0 Å². The molecule has 4 aromatic rings. The highest BCUT2D eigenvalue weighted by Gasteiger charge is 2.16. The molecule has 0 saturated carbocycles. The molecule has 0 spiro atoms. The zero-order valence-electron chi connectivity index (χ0n) is 14.8. The lowest BCUT2D eigenvalue weighted by molar-refractivity contribution is 0.378. The Balaban J connectivity index is 1.78. The van der Waals surface area contributed by atoms with Crippen LogP contribution in [0.25, 0.3) is 22.3 Å². The maximum Gasteiger partial charge on any atom is 0.226 e. The Labute approximate surface area is 156 Å². The van der Waals surface area contributed by atoms with Gasteiger partial charge in [0.25, 0.3) is 0 Å². The van der Waals surface area contributed by atoms with Gasteiger partial charge < -0.3 is 9.84 Å². The molecule has 26 heavy (non-hydrogen) atoms. The van der Waals surface area contributed by atoms with Gasteiger partial charge in [0.05, 0.1) is 17.6 Å². The van der Waals surface area contributed by atoms with Crippen molar-refractivity contribution in [3.8, 4) is 11.4 Å². The molecule has 0 atom stereocenters. The number of fused-ring (bicyclic) bond motifs is 1. The van der Waals surface area contributed by atoms with Crippen molar-refractivity contribution in [1.82, 2.24) is 15.1 Å². The van der Waals surface area contributed by atoms with E-state index in [0.29, 0.717) is 18.3 Å². The van der Waals surface area contributed by atoms with Crippen LogP contribution in [0.15, 0.2) is 46.3 Å². The number of nitrogens with one attached hydrogen (secondary N) is 1. The fourth-order valence-electron chi connectivity index (χ4n) is 2.92. The van der Waals surface area contributed by atoms with E-state index in [1.807, 2.05) is 6.07 Å². The molecule has 1 N–H and O–H groups in total. The Bertz CT molecular complexity index is 1020. The zero-order valence-corrected chi connectivity index (χ0v) is 15.6. The van der Waals surface area contributed by atoms with Crippen molar-refractivity contribution in [2.45, 2.75) is 33.2 Å². The van der Waals surface area contributed by atoms with E-state index in [9.17, 15) is 0 Å². The smallest absolute Gasteiger partial charge is 0.226 e. The van der Waals surface area contributed by atoms with Crippen LogP contribution in [0.1, 0.15) is 29.7 Å². The van der Waals surface area contributed by atoms with Crippen LogP contribution in [0, 0.1) is 6.92 Å². The predicted molar refractivity (Wildman–Crippen MR) is 105 cm³/mol. The number of benzene rings is 1. The van der Waals surface area contributed by atoms with Gasteiger partial charge in [0.1, 0.15) is 5.82 Å². The third-order valence-corrected chi connectivity index (χ3v) is 5.11. The van der Waals surface area contributed by atoms with Crippen molar-refractivity contribution in [1.29, 1.82) is 0 Å². The molecular weight excluding hydrogens is 344 g/mol. The van der Waals surface area contributed by atoms with Crippen molar-refractivity contribution >= 4 is 28.1 Å². The largest absolute Gasteiger partial charge is 0.365 e. The van der Waals surface area contributed by atoms with Crippen molar-refractivity contribution < 1.29 is 4.52 Å². The van der Waals surface area contributed by atoms with Gasteiger partial charge in [0.2, 0.25) is 11.7 Å². The summed E-state index contributed by atoms with van der Waals surface area (Å²) in [5, 5.41) is 10.8. The molecule has 0 aliphatic carbocycles. The molecule has 5 nitrogen and oxygen atoms in total. The summed E-state index contributed by atoms with van der Waals surface area (Å²) in [5.74, 6) is 2.03. The minimum Gasteiger partial charge on any atom is -0.365 e. The van der Waals surface area contributed by atoms with Crippen molar-refractivity contribution in [2.75, 3.05) is 5.32 Å². The topological polar surface area (TPSA) is 63.8 Å². The fourth-order valence-corrected chi connectivity index (χ4v) is 3.56. The number of anilines is 1. The van der Waals surface area contributed by atoms with Crippen molar-refractivity contribution in [2.24, 2.45) is 0 Å². The normalized spacial score (nSPS) is 11.2. The van der Waals surface area contributed by atoms with Gasteiger partial charge in [-0.15, -0.1) is 11.3 Å². The molecule has 0 radical (unpaired) electrons. The van der Waals surface area contributed by atoms with E-state index in [1.165, 1.54) is 4.88 Å². The van der Waals surface area contributed by atoms with Crippen LogP contribution in [-0.2, 0) is 13.0 Å². The summed E-state index contributed by atoms with van der Waals surface area (Å²) in [4.78, 5) is 10.7. The molecule has 0 fully saturated rings. The predicted octanol–water partition coefficient (Wildman–Crippen LogP) is 5.22. The Hall–Kier alpha value is -2.73. The Morgan fingerprint density at radius 1 is 1.15 bits per heavy atom. The highest BCUT2D eigenvalue weighted by atomic mass is 32.1. The quantitative estimate of drug-likeness (QED) is 0.508. The second kappa shape index (κ2) is 7.25. The standard InChI is InChI=1S/C20H20N4OS/c1-3-6-17-22-20(24-25-17)16-11-14-8-4-7-13(2)18(14)23-19(16)21-12-15-9-5-10-26-15/h4-5,7-11H,3,6,12H2,1-2H3,(H,21,23). The Morgan fingerprint density at radius 2 is 2.08 bits per heavy atom. The molecule has 1 aromatic carbocycles. The average Bonchev–Trinajstić information content (AvgIpc) is 3.32. The van der Waals surface area contributed by atoms with E-state index < -0.39 is 0 Å². The lowest BCUT2D eigenvalue weighted by atomic mass is 10.1. The number of aryl methyl sites for hydroxylation is 2.